The van der Waals surface area contributed by atoms with Crippen LogP contribution in [0.5, 0.6) is 0 Å². The summed E-state index contributed by atoms with van der Waals surface area (Å²) in [6.45, 7) is 4.36. The van der Waals surface area contributed by atoms with Crippen LogP contribution in [0.15, 0.2) is 47.7 Å². The molecule has 146 valence electrons. The molecule has 27 heavy (non-hydrogen) atoms. The minimum absolute atomic E-state index is 0. The smallest absolute Gasteiger partial charge is 0.194 e. The summed E-state index contributed by atoms with van der Waals surface area (Å²) in [7, 11) is 4.09. The van der Waals surface area contributed by atoms with Crippen LogP contribution < -0.4 is 5.32 Å². The van der Waals surface area contributed by atoms with Gasteiger partial charge in [-0.1, -0.05) is 0 Å². The summed E-state index contributed by atoms with van der Waals surface area (Å²) in [6, 6.07) is 9.02. The number of aliphatic imine (C=N–C) groups is 1. The van der Waals surface area contributed by atoms with Crippen LogP contribution >= 0.6 is 24.0 Å². The topological polar surface area (TPSA) is 48.4 Å². The molecule has 0 fully saturated rings. The lowest BCUT2D eigenvalue weighted by Crippen LogP contribution is -2.39. The SMILES string of the molecule is CCNC(=NCCc1c[nH]c2cc(F)ccc12)N(C)Cc1cccn1C.I. The maximum Gasteiger partial charge on any atom is 0.194 e. The van der Waals surface area contributed by atoms with E-state index in [1.165, 1.54) is 17.8 Å². The molecule has 0 bridgehead atoms. The summed E-state index contributed by atoms with van der Waals surface area (Å²) in [6.07, 6.45) is 4.80. The zero-order valence-corrected chi connectivity index (χ0v) is 18.3. The van der Waals surface area contributed by atoms with Crippen molar-refractivity contribution in [1.82, 2.24) is 19.8 Å². The molecular formula is C20H27FIN5. The lowest BCUT2D eigenvalue weighted by Gasteiger charge is -2.22. The predicted molar refractivity (Wildman–Crippen MR) is 120 cm³/mol. The molecule has 2 N–H and O–H groups in total. The highest BCUT2D eigenvalue weighted by Crippen LogP contribution is 2.19. The highest BCUT2D eigenvalue weighted by Gasteiger charge is 2.09. The number of guanidine groups is 1. The van der Waals surface area contributed by atoms with E-state index in [2.05, 4.69) is 32.8 Å². The second kappa shape index (κ2) is 9.77. The maximum atomic E-state index is 13.3. The highest BCUT2D eigenvalue weighted by atomic mass is 127. The number of benzene rings is 1. The molecule has 0 atom stereocenters. The standard InChI is InChI=1S/C20H26FN5.HI/c1-4-22-20(26(3)14-17-6-5-11-25(17)2)23-10-9-15-13-24-19-12-16(21)7-8-18(15)19;/h5-8,11-13,24H,4,9-10,14H2,1-3H3,(H,22,23);1H. The van der Waals surface area contributed by atoms with Gasteiger partial charge in [-0.2, -0.15) is 0 Å². The number of aryl methyl sites for hydroxylation is 1. The summed E-state index contributed by atoms with van der Waals surface area (Å²) in [5.41, 5.74) is 3.22. The Hall–Kier alpha value is -2.03. The van der Waals surface area contributed by atoms with Crippen LogP contribution in [0.1, 0.15) is 18.2 Å². The van der Waals surface area contributed by atoms with Crippen molar-refractivity contribution >= 4 is 40.8 Å². The van der Waals surface area contributed by atoms with E-state index in [1.54, 1.807) is 0 Å². The van der Waals surface area contributed by atoms with E-state index in [0.29, 0.717) is 6.54 Å². The van der Waals surface area contributed by atoms with Crippen LogP contribution in [-0.2, 0) is 20.0 Å². The van der Waals surface area contributed by atoms with E-state index < -0.39 is 0 Å². The molecule has 2 heterocycles. The van der Waals surface area contributed by atoms with Crippen molar-refractivity contribution in [3.05, 3.63) is 59.8 Å². The fourth-order valence-corrected chi connectivity index (χ4v) is 3.10. The van der Waals surface area contributed by atoms with Crippen LogP contribution in [-0.4, -0.2) is 40.5 Å². The monoisotopic (exact) mass is 483 g/mol. The van der Waals surface area contributed by atoms with Gasteiger partial charge in [-0.25, -0.2) is 4.39 Å². The zero-order valence-electron chi connectivity index (χ0n) is 16.0. The average molecular weight is 483 g/mol. The van der Waals surface area contributed by atoms with Gasteiger partial charge in [0.2, 0.25) is 0 Å². The largest absolute Gasteiger partial charge is 0.361 e. The number of aromatic nitrogens is 2. The third-order valence-corrected chi connectivity index (χ3v) is 4.52. The molecule has 0 radical (unpaired) electrons. The van der Waals surface area contributed by atoms with E-state index in [1.807, 2.05) is 38.6 Å². The molecule has 0 unspecified atom stereocenters. The average Bonchev–Trinajstić information content (AvgIpc) is 3.20. The Morgan fingerprint density at radius 1 is 1.33 bits per heavy atom. The maximum absolute atomic E-state index is 13.3. The summed E-state index contributed by atoms with van der Waals surface area (Å²) in [4.78, 5) is 10.0. The lowest BCUT2D eigenvalue weighted by atomic mass is 10.1. The Balaban J connectivity index is 0.00000261. The summed E-state index contributed by atoms with van der Waals surface area (Å²) in [5, 5.41) is 4.41. The van der Waals surface area contributed by atoms with Gasteiger partial charge >= 0.3 is 0 Å². The molecule has 5 nitrogen and oxygen atoms in total. The molecule has 0 saturated heterocycles. The van der Waals surface area contributed by atoms with Gasteiger partial charge in [0.15, 0.2) is 5.96 Å². The van der Waals surface area contributed by atoms with Crippen molar-refractivity contribution in [3.8, 4) is 0 Å². The summed E-state index contributed by atoms with van der Waals surface area (Å²) in [5.74, 6) is 0.667. The van der Waals surface area contributed by atoms with Gasteiger partial charge in [0.05, 0.1) is 6.54 Å². The van der Waals surface area contributed by atoms with Gasteiger partial charge in [0.1, 0.15) is 5.82 Å². The Morgan fingerprint density at radius 3 is 2.85 bits per heavy atom. The molecule has 7 heteroatoms. The molecule has 0 amide bonds. The van der Waals surface area contributed by atoms with Crippen LogP contribution in [0.25, 0.3) is 10.9 Å². The molecule has 0 aliphatic carbocycles. The van der Waals surface area contributed by atoms with Crippen molar-refractivity contribution < 1.29 is 4.39 Å². The third-order valence-electron chi connectivity index (χ3n) is 4.52. The fraction of sp³-hybridized carbons (Fsp3) is 0.350. The number of nitrogens with one attached hydrogen (secondary N) is 2. The number of nitrogens with zero attached hydrogens (tertiary/aromatic N) is 3. The van der Waals surface area contributed by atoms with Crippen LogP contribution in [0, 0.1) is 5.82 Å². The van der Waals surface area contributed by atoms with Gasteiger partial charge in [0.25, 0.3) is 0 Å². The summed E-state index contributed by atoms with van der Waals surface area (Å²) < 4.78 is 15.4. The van der Waals surface area contributed by atoms with E-state index in [4.69, 9.17) is 4.99 Å². The number of halogens is 2. The number of hydrogen-bond acceptors (Lipinski definition) is 1. The molecule has 3 rings (SSSR count). The Morgan fingerprint density at radius 2 is 2.15 bits per heavy atom. The molecule has 3 aromatic rings. The van der Waals surface area contributed by atoms with Crippen molar-refractivity contribution in [2.24, 2.45) is 12.0 Å². The van der Waals surface area contributed by atoms with Crippen molar-refractivity contribution in [2.45, 2.75) is 19.9 Å². The second-order valence-electron chi connectivity index (χ2n) is 6.46. The van der Waals surface area contributed by atoms with Crippen molar-refractivity contribution in [2.75, 3.05) is 20.1 Å². The van der Waals surface area contributed by atoms with Crippen molar-refractivity contribution in [3.63, 3.8) is 0 Å². The zero-order chi connectivity index (χ0) is 18.5. The van der Waals surface area contributed by atoms with Gasteiger partial charge in [0, 0.05) is 56.2 Å². The van der Waals surface area contributed by atoms with Gasteiger partial charge in [-0.05, 0) is 49.2 Å². The lowest BCUT2D eigenvalue weighted by molar-refractivity contribution is 0.462. The molecule has 2 aromatic heterocycles. The fourth-order valence-electron chi connectivity index (χ4n) is 3.10. The number of aromatic amines is 1. The van der Waals surface area contributed by atoms with E-state index in [9.17, 15) is 4.39 Å². The Bertz CT molecular complexity index is 899. The normalized spacial score (nSPS) is 11.5. The van der Waals surface area contributed by atoms with Crippen LogP contribution in [0.4, 0.5) is 4.39 Å². The highest BCUT2D eigenvalue weighted by molar-refractivity contribution is 14.0. The van der Waals surface area contributed by atoms with E-state index in [0.717, 1.165) is 41.9 Å². The second-order valence-corrected chi connectivity index (χ2v) is 6.46. The van der Waals surface area contributed by atoms with E-state index in [-0.39, 0.29) is 29.8 Å². The summed E-state index contributed by atoms with van der Waals surface area (Å²) >= 11 is 0. The first kappa shape index (κ1) is 21.3. The van der Waals surface area contributed by atoms with Gasteiger partial charge in [-0.15, -0.1) is 24.0 Å². The first-order chi connectivity index (χ1) is 12.6. The third kappa shape index (κ3) is 5.24. The molecule has 0 aliphatic rings. The van der Waals surface area contributed by atoms with Crippen LogP contribution in [0.2, 0.25) is 0 Å². The number of hydrogen-bond donors (Lipinski definition) is 2. The molecule has 0 spiro atoms. The first-order valence-electron chi connectivity index (χ1n) is 8.93. The Labute approximate surface area is 176 Å². The molecular weight excluding hydrogens is 456 g/mol. The quantitative estimate of drug-likeness (QED) is 0.318. The molecule has 1 aromatic carbocycles. The van der Waals surface area contributed by atoms with Gasteiger partial charge < -0.3 is 19.8 Å². The van der Waals surface area contributed by atoms with E-state index >= 15 is 0 Å². The number of rotatable bonds is 6. The minimum Gasteiger partial charge on any atom is -0.361 e. The molecule has 0 aliphatic heterocycles. The molecule has 0 saturated carbocycles. The number of fused-ring (bicyclic) bond motifs is 1. The minimum atomic E-state index is -0.222. The number of H-pyrrole nitrogens is 1. The first-order valence-corrected chi connectivity index (χ1v) is 8.93. The van der Waals surface area contributed by atoms with Crippen LogP contribution in [0.3, 0.4) is 0 Å². The van der Waals surface area contributed by atoms with Gasteiger partial charge in [-0.3, -0.25) is 4.99 Å². The Kier molecular flexibility index (Phi) is 7.70. The van der Waals surface area contributed by atoms with Crippen molar-refractivity contribution in [1.29, 1.82) is 0 Å². The predicted octanol–water partition coefficient (Wildman–Crippen LogP) is 3.90.